The molecular weight excluding hydrogens is 547 g/mol. The van der Waals surface area contributed by atoms with Gasteiger partial charge in [-0.15, -0.1) is 0 Å². The normalized spacial score (nSPS) is 27.9. The fourth-order valence-corrected chi connectivity index (χ4v) is 6.18. The predicted octanol–water partition coefficient (Wildman–Crippen LogP) is 4.91. The van der Waals surface area contributed by atoms with Crippen molar-refractivity contribution in [3.05, 3.63) is 35.6 Å². The first-order chi connectivity index (χ1) is 16.5. The minimum Gasteiger partial charge on any atom is -0.504 e. The Morgan fingerprint density at radius 1 is 1.35 bits per heavy atom. The van der Waals surface area contributed by atoms with Gasteiger partial charge in [-0.2, -0.15) is 9.59 Å². The van der Waals surface area contributed by atoms with E-state index in [-0.39, 0.29) is 6.15 Å². The molecule has 3 aliphatic heterocycles. The first kappa shape index (κ1) is 26.9. The van der Waals surface area contributed by atoms with Crippen molar-refractivity contribution in [3.63, 3.8) is 0 Å². The molecule has 0 N–H and O–H groups in total. The Hall–Kier alpha value is -1.74. The SMILES string of the molecule is CC[C@@H]1CN2CC[C@@]3(OCCCI)C(=Nc4cccc(OC)c43)[C@@H]2C[C@@H]1/C(C)=C\OC.O=C=O. The molecule has 0 bridgehead atoms. The second-order valence-corrected chi connectivity index (χ2v) is 10.1. The van der Waals surface area contributed by atoms with Crippen LogP contribution in [0.4, 0.5) is 5.69 Å². The number of fused-ring (bicyclic) bond motifs is 5. The number of halogens is 1. The molecule has 1 aromatic carbocycles. The number of benzene rings is 1. The molecule has 3 heterocycles. The van der Waals surface area contributed by atoms with E-state index in [0.717, 1.165) is 60.4 Å². The minimum atomic E-state index is -0.461. The van der Waals surface area contributed by atoms with Gasteiger partial charge in [0, 0.05) is 24.1 Å². The van der Waals surface area contributed by atoms with E-state index >= 15 is 0 Å². The lowest BCUT2D eigenvalue weighted by Gasteiger charge is -2.51. The Labute approximate surface area is 216 Å². The maximum absolute atomic E-state index is 8.12. The molecule has 4 atom stereocenters. The maximum Gasteiger partial charge on any atom is 0.373 e. The molecule has 0 unspecified atom stereocenters. The largest absolute Gasteiger partial charge is 0.504 e. The van der Waals surface area contributed by atoms with Gasteiger partial charge in [-0.3, -0.25) is 9.89 Å². The number of allylic oxidation sites excluding steroid dienone is 1. The van der Waals surface area contributed by atoms with Crippen LogP contribution in [0.3, 0.4) is 0 Å². The van der Waals surface area contributed by atoms with Crippen LogP contribution in [-0.2, 0) is 24.7 Å². The van der Waals surface area contributed by atoms with Gasteiger partial charge in [0.15, 0.2) is 0 Å². The van der Waals surface area contributed by atoms with Crippen molar-refractivity contribution in [2.75, 3.05) is 38.3 Å². The monoisotopic (exact) mass is 582 g/mol. The topological polar surface area (TPSA) is 77.4 Å². The summed E-state index contributed by atoms with van der Waals surface area (Å²) >= 11 is 2.43. The molecule has 0 saturated carbocycles. The number of nitrogens with zero attached hydrogens (tertiary/aromatic N) is 2. The molecule has 4 rings (SSSR count). The van der Waals surface area contributed by atoms with Gasteiger partial charge in [0.1, 0.15) is 11.4 Å². The van der Waals surface area contributed by atoms with Crippen LogP contribution in [0.15, 0.2) is 35.0 Å². The lowest BCUT2D eigenvalue weighted by Crippen LogP contribution is -2.61. The van der Waals surface area contributed by atoms with E-state index in [9.17, 15) is 0 Å². The summed E-state index contributed by atoms with van der Waals surface area (Å²) in [5.41, 5.74) is 4.22. The van der Waals surface area contributed by atoms with Crippen LogP contribution in [0.25, 0.3) is 0 Å². The highest BCUT2D eigenvalue weighted by atomic mass is 127. The Bertz CT molecular complexity index is 943. The van der Waals surface area contributed by atoms with E-state index in [4.69, 9.17) is 28.8 Å². The van der Waals surface area contributed by atoms with Gasteiger partial charge in [-0.05, 0) is 55.7 Å². The Kier molecular flexibility index (Phi) is 9.71. The molecule has 1 aromatic rings. The summed E-state index contributed by atoms with van der Waals surface area (Å²) in [7, 11) is 3.50. The number of carbonyl (C=O) groups excluding carboxylic acids is 2. The van der Waals surface area contributed by atoms with Crippen LogP contribution in [0, 0.1) is 11.8 Å². The van der Waals surface area contributed by atoms with Gasteiger partial charge < -0.3 is 14.2 Å². The minimum absolute atomic E-state index is 0.250. The average molecular weight is 582 g/mol. The fraction of sp³-hybridized carbons (Fsp3) is 0.615. The highest BCUT2D eigenvalue weighted by Crippen LogP contribution is 2.53. The molecule has 0 aliphatic carbocycles. The number of piperidine rings is 2. The van der Waals surface area contributed by atoms with E-state index in [2.05, 4.69) is 53.5 Å². The maximum atomic E-state index is 8.12. The third kappa shape index (κ3) is 5.10. The summed E-state index contributed by atoms with van der Waals surface area (Å²) in [5, 5.41) is 0. The van der Waals surface area contributed by atoms with Gasteiger partial charge in [-0.1, -0.05) is 42.0 Å². The van der Waals surface area contributed by atoms with E-state index in [0.29, 0.717) is 17.9 Å². The second-order valence-electron chi connectivity index (χ2n) is 9.02. The number of aliphatic imine (C=N–C) groups is 1. The van der Waals surface area contributed by atoms with Gasteiger partial charge in [0.2, 0.25) is 0 Å². The Morgan fingerprint density at radius 2 is 2.12 bits per heavy atom. The number of hydrogen-bond donors (Lipinski definition) is 0. The summed E-state index contributed by atoms with van der Waals surface area (Å²) < 4.78 is 19.1. The standard InChI is InChI=1S/C25H35IN2O3.CO2/c1-5-18-15-28-12-10-25(31-13-7-11-26)23-20(8-6-9-22(23)30-4)27-24(25)21(28)14-19(18)17(2)16-29-3;2-1-3/h6,8-9,16,18-19,21H,5,7,10-15H2,1-4H3;/b17-16-;/t18-,19-,21+,25+;/m1./s1. The van der Waals surface area contributed by atoms with E-state index in [1.807, 2.05) is 12.3 Å². The predicted molar refractivity (Wildman–Crippen MR) is 139 cm³/mol. The lowest BCUT2D eigenvalue weighted by atomic mass is 9.70. The first-order valence-corrected chi connectivity index (χ1v) is 13.4. The van der Waals surface area contributed by atoms with Crippen LogP contribution in [0.5, 0.6) is 5.75 Å². The van der Waals surface area contributed by atoms with Crippen LogP contribution in [0.2, 0.25) is 0 Å². The summed E-state index contributed by atoms with van der Waals surface area (Å²) in [6.07, 6.45) is 6.41. The Morgan fingerprint density at radius 3 is 2.76 bits per heavy atom. The third-order valence-electron chi connectivity index (χ3n) is 7.34. The summed E-state index contributed by atoms with van der Waals surface area (Å²) in [6.45, 7) is 7.41. The summed E-state index contributed by atoms with van der Waals surface area (Å²) in [4.78, 5) is 24.1. The van der Waals surface area contributed by atoms with Gasteiger partial charge in [0.25, 0.3) is 0 Å². The van der Waals surface area contributed by atoms with Gasteiger partial charge in [-0.25, -0.2) is 0 Å². The van der Waals surface area contributed by atoms with Gasteiger partial charge in [0.05, 0.1) is 43.5 Å². The highest BCUT2D eigenvalue weighted by Gasteiger charge is 2.55. The molecule has 186 valence electrons. The van der Waals surface area contributed by atoms with Crippen molar-refractivity contribution in [1.82, 2.24) is 4.90 Å². The molecule has 3 aliphatic rings. The molecule has 7 nitrogen and oxygen atoms in total. The first-order valence-electron chi connectivity index (χ1n) is 11.9. The number of ether oxygens (including phenoxy) is 3. The fourth-order valence-electron chi connectivity index (χ4n) is 5.87. The van der Waals surface area contributed by atoms with Crippen molar-refractivity contribution < 1.29 is 23.8 Å². The van der Waals surface area contributed by atoms with Crippen LogP contribution >= 0.6 is 22.6 Å². The quantitative estimate of drug-likeness (QED) is 0.188. The molecule has 34 heavy (non-hydrogen) atoms. The smallest absolute Gasteiger partial charge is 0.373 e. The van der Waals surface area contributed by atoms with E-state index in [1.165, 1.54) is 17.7 Å². The summed E-state index contributed by atoms with van der Waals surface area (Å²) in [5.74, 6) is 2.05. The van der Waals surface area contributed by atoms with Crippen molar-refractivity contribution in [2.45, 2.75) is 51.2 Å². The Balaban J connectivity index is 0.00000103. The zero-order valence-corrected chi connectivity index (χ0v) is 22.7. The van der Waals surface area contributed by atoms with E-state index in [1.54, 1.807) is 14.2 Å². The molecule has 0 radical (unpaired) electrons. The molecule has 2 saturated heterocycles. The highest BCUT2D eigenvalue weighted by molar-refractivity contribution is 14.1. The number of rotatable bonds is 8. The van der Waals surface area contributed by atoms with Crippen LogP contribution < -0.4 is 4.74 Å². The van der Waals surface area contributed by atoms with Crippen molar-refractivity contribution in [1.29, 1.82) is 0 Å². The molecule has 2 fully saturated rings. The zero-order valence-electron chi connectivity index (χ0n) is 20.5. The van der Waals surface area contributed by atoms with Crippen molar-refractivity contribution in [2.24, 2.45) is 16.8 Å². The zero-order chi connectivity index (χ0) is 24.7. The van der Waals surface area contributed by atoms with Crippen molar-refractivity contribution in [3.8, 4) is 5.75 Å². The summed E-state index contributed by atoms with van der Waals surface area (Å²) in [6, 6.07) is 6.49. The third-order valence-corrected chi connectivity index (χ3v) is 8.11. The number of hydrogen-bond acceptors (Lipinski definition) is 7. The molecule has 0 spiro atoms. The van der Waals surface area contributed by atoms with Crippen molar-refractivity contribution >= 4 is 40.1 Å². The lowest BCUT2D eigenvalue weighted by molar-refractivity contribution is -0.191. The number of alkyl halides is 1. The van der Waals surface area contributed by atoms with Crippen LogP contribution in [-0.4, -0.2) is 61.1 Å². The van der Waals surface area contributed by atoms with E-state index < -0.39 is 5.60 Å². The van der Waals surface area contributed by atoms with Crippen LogP contribution in [0.1, 0.15) is 45.1 Å². The number of methoxy groups -OCH3 is 2. The molecule has 0 aromatic heterocycles. The molecule has 0 amide bonds. The second kappa shape index (κ2) is 12.3. The molecule has 8 heteroatoms. The van der Waals surface area contributed by atoms with Gasteiger partial charge >= 0.3 is 6.15 Å². The molecular formula is C26H35IN2O5. The average Bonchev–Trinajstić information content (AvgIpc) is 3.19.